The van der Waals surface area contributed by atoms with E-state index in [0.29, 0.717) is 30.1 Å². The van der Waals surface area contributed by atoms with Gasteiger partial charge in [0.15, 0.2) is 0 Å². The number of halogens is 4. The Hall–Kier alpha value is -4.22. The number of hydrogen-bond donors (Lipinski definition) is 0. The summed E-state index contributed by atoms with van der Waals surface area (Å²) in [6.07, 6.45) is -2.32. The number of piperazine rings is 1. The monoisotopic (exact) mass is 629 g/mol. The third kappa shape index (κ3) is 5.69. The number of hydrogen-bond acceptors (Lipinski definition) is 9. The average Bonchev–Trinajstić information content (AvgIpc) is 2.97. The molecule has 3 aromatic rings. The molecular weight excluding hydrogens is 599 g/mol. The maximum Gasteiger partial charge on any atom is 0.419 e. The lowest BCUT2D eigenvalue weighted by Crippen LogP contribution is -2.60. The largest absolute Gasteiger partial charge is 0.419 e. The highest BCUT2D eigenvalue weighted by molar-refractivity contribution is 6.31. The Morgan fingerprint density at radius 1 is 1.18 bits per heavy atom. The van der Waals surface area contributed by atoms with Crippen LogP contribution in [0, 0.1) is 11.3 Å². The topological polar surface area (TPSA) is 114 Å². The average molecular weight is 630 g/mol. The first kappa shape index (κ1) is 31.2. The van der Waals surface area contributed by atoms with Crippen molar-refractivity contribution >= 4 is 40.2 Å². The summed E-state index contributed by atoms with van der Waals surface area (Å²) in [5.41, 5.74) is -2.68. The molecule has 44 heavy (non-hydrogen) atoms. The molecule has 1 amide bonds. The molecule has 11 nitrogen and oxygen atoms in total. The first-order chi connectivity index (χ1) is 21.0. The third-order valence-electron chi connectivity index (χ3n) is 8.16. The summed E-state index contributed by atoms with van der Waals surface area (Å²) in [6.45, 7) is 11.5. The van der Waals surface area contributed by atoms with Gasteiger partial charge in [-0.1, -0.05) is 38.1 Å². The molecule has 2 aromatic heterocycles. The van der Waals surface area contributed by atoms with E-state index in [1.54, 1.807) is 4.90 Å². The Labute approximate surface area is 256 Å². The zero-order chi connectivity index (χ0) is 31.8. The van der Waals surface area contributed by atoms with E-state index in [0.717, 1.165) is 25.2 Å². The maximum absolute atomic E-state index is 14.0. The molecule has 4 heterocycles. The first-order valence-electron chi connectivity index (χ1n) is 14.2. The predicted octanol–water partition coefficient (Wildman–Crippen LogP) is 3.50. The zero-order valence-electron chi connectivity index (χ0n) is 24.3. The minimum atomic E-state index is -4.85. The van der Waals surface area contributed by atoms with Crippen molar-refractivity contribution in [1.29, 1.82) is 5.26 Å². The van der Waals surface area contributed by atoms with E-state index in [4.69, 9.17) is 16.6 Å². The molecule has 0 saturated carbocycles. The molecule has 0 unspecified atom stereocenters. The Morgan fingerprint density at radius 2 is 1.91 bits per heavy atom. The second-order valence-corrected chi connectivity index (χ2v) is 11.0. The molecule has 0 N–H and O–H groups in total. The van der Waals surface area contributed by atoms with Crippen LogP contribution in [0.15, 0.2) is 41.8 Å². The minimum Gasteiger partial charge on any atom is -0.352 e. The Morgan fingerprint density at radius 3 is 2.55 bits per heavy atom. The van der Waals surface area contributed by atoms with Crippen molar-refractivity contribution in [1.82, 2.24) is 29.5 Å². The van der Waals surface area contributed by atoms with Gasteiger partial charge in [0.2, 0.25) is 11.9 Å². The molecule has 15 heteroatoms. The van der Waals surface area contributed by atoms with E-state index >= 15 is 0 Å². The highest BCUT2D eigenvalue weighted by atomic mass is 35.5. The number of nitrogens with zero attached hydrogens (tertiary/aromatic N) is 9. The fraction of sp³-hybridized carbons (Fsp3) is 0.448. The number of rotatable bonds is 8. The van der Waals surface area contributed by atoms with Crippen LogP contribution in [0.1, 0.15) is 25.8 Å². The van der Waals surface area contributed by atoms with Gasteiger partial charge in [0.05, 0.1) is 46.4 Å². The van der Waals surface area contributed by atoms with Gasteiger partial charge in [0.25, 0.3) is 5.56 Å². The zero-order valence-corrected chi connectivity index (χ0v) is 25.0. The number of carbonyl (C=O) groups excluding carboxylic acids is 1. The van der Waals surface area contributed by atoms with Crippen molar-refractivity contribution in [2.75, 3.05) is 55.6 Å². The normalized spacial score (nSPS) is 17.6. The van der Waals surface area contributed by atoms with Crippen LogP contribution in [0.4, 0.5) is 24.9 Å². The van der Waals surface area contributed by atoms with Crippen LogP contribution in [-0.4, -0.2) is 93.4 Å². The number of aromatic nitrogens is 4. The molecule has 5 rings (SSSR count). The van der Waals surface area contributed by atoms with Gasteiger partial charge in [-0.2, -0.15) is 33.2 Å². The van der Waals surface area contributed by atoms with Gasteiger partial charge in [0.1, 0.15) is 11.3 Å². The van der Waals surface area contributed by atoms with E-state index < -0.39 is 34.1 Å². The predicted molar refractivity (Wildman–Crippen MR) is 160 cm³/mol. The lowest BCUT2D eigenvalue weighted by atomic mass is 10.1. The Bertz CT molecular complexity index is 1680. The number of amides is 1. The third-order valence-corrected chi connectivity index (χ3v) is 8.47. The number of fused-ring (bicyclic) bond motifs is 1. The molecule has 232 valence electrons. The molecule has 0 bridgehead atoms. The van der Waals surface area contributed by atoms with E-state index in [2.05, 4.69) is 41.5 Å². The molecular formula is C29H31ClF3N9O2. The van der Waals surface area contributed by atoms with Crippen molar-refractivity contribution in [3.05, 3.63) is 58.0 Å². The van der Waals surface area contributed by atoms with Gasteiger partial charge in [0, 0.05) is 38.8 Å². The van der Waals surface area contributed by atoms with Crippen LogP contribution in [0.25, 0.3) is 16.6 Å². The Balaban J connectivity index is 1.64. The molecule has 2 saturated heterocycles. The second-order valence-electron chi connectivity index (χ2n) is 10.6. The number of likely N-dealkylation sites (N-methyl/N-ethyl adjacent to an activating group) is 1. The minimum absolute atomic E-state index is 0.0592. The number of alkyl halides is 3. The first-order valence-corrected chi connectivity index (χ1v) is 14.6. The fourth-order valence-corrected chi connectivity index (χ4v) is 6.12. The van der Waals surface area contributed by atoms with Crippen molar-refractivity contribution in [2.45, 2.75) is 38.5 Å². The summed E-state index contributed by atoms with van der Waals surface area (Å²) >= 11 is 5.94. The molecule has 0 aliphatic carbocycles. The summed E-state index contributed by atoms with van der Waals surface area (Å²) < 4.78 is 42.7. The summed E-state index contributed by atoms with van der Waals surface area (Å²) in [7, 11) is 0. The maximum atomic E-state index is 14.0. The summed E-state index contributed by atoms with van der Waals surface area (Å²) in [4.78, 5) is 43.4. The second kappa shape index (κ2) is 12.4. The van der Waals surface area contributed by atoms with E-state index in [1.807, 2.05) is 9.80 Å². The van der Waals surface area contributed by atoms with Crippen LogP contribution in [0.2, 0.25) is 5.02 Å². The van der Waals surface area contributed by atoms with Crippen LogP contribution in [-0.2, 0) is 11.0 Å². The van der Waals surface area contributed by atoms with Gasteiger partial charge in [-0.15, -0.1) is 0 Å². The Kier molecular flexibility index (Phi) is 8.80. The summed E-state index contributed by atoms with van der Waals surface area (Å²) in [5.74, 6) is 0.311. The van der Waals surface area contributed by atoms with Gasteiger partial charge in [-0.05, 0) is 31.3 Å². The van der Waals surface area contributed by atoms with Crippen LogP contribution in [0.3, 0.4) is 0 Å². The molecule has 2 aliphatic rings. The lowest BCUT2D eigenvalue weighted by Gasteiger charge is -2.45. The van der Waals surface area contributed by atoms with E-state index in [1.165, 1.54) is 18.3 Å². The summed E-state index contributed by atoms with van der Waals surface area (Å²) in [6, 6.07) is 5.45. The smallest absolute Gasteiger partial charge is 0.352 e. The highest BCUT2D eigenvalue weighted by Crippen LogP contribution is 2.38. The molecule has 2 fully saturated rings. The summed E-state index contributed by atoms with van der Waals surface area (Å²) in [5, 5.41) is 13.2. The highest BCUT2D eigenvalue weighted by Gasteiger charge is 2.38. The fourth-order valence-electron chi connectivity index (χ4n) is 5.84. The van der Waals surface area contributed by atoms with Crippen LogP contribution in [0.5, 0.6) is 0 Å². The molecule has 2 aliphatic heterocycles. The number of carbonyl (C=O) groups is 1. The number of benzene rings is 1. The quantitative estimate of drug-likeness (QED) is 0.346. The molecule has 1 aromatic carbocycles. The van der Waals surface area contributed by atoms with E-state index in [-0.39, 0.29) is 48.3 Å². The number of anilines is 2. The van der Waals surface area contributed by atoms with Gasteiger partial charge >= 0.3 is 6.18 Å². The molecule has 1 atom stereocenters. The van der Waals surface area contributed by atoms with Gasteiger partial charge in [-0.25, -0.2) is 4.98 Å². The van der Waals surface area contributed by atoms with E-state index in [9.17, 15) is 28.0 Å². The van der Waals surface area contributed by atoms with Gasteiger partial charge in [-0.3, -0.25) is 14.5 Å². The van der Waals surface area contributed by atoms with Crippen molar-refractivity contribution in [3.8, 4) is 11.8 Å². The van der Waals surface area contributed by atoms with Gasteiger partial charge < -0.3 is 14.7 Å². The van der Waals surface area contributed by atoms with Crippen LogP contribution < -0.4 is 15.4 Å². The van der Waals surface area contributed by atoms with Crippen molar-refractivity contribution < 1.29 is 18.0 Å². The standard InChI is InChI=1S/C29H31ClF3N9O2/c1-4-23(43)41-13-12-39(15-18(41)10-11-34)26-20-14-35-42(22-9-7-8-21(30)24(22)29(31,32)33)27(44)25(20)36-28(37-26)40-16-19(17-40)38(5-2)6-3/h4,7-9,14,18-19H,1,5-6,10,12-13,15-17H2,2-3H3/t18-/m0/s1. The molecule has 0 spiro atoms. The molecule has 0 radical (unpaired) electrons. The van der Waals surface area contributed by atoms with Crippen molar-refractivity contribution in [3.63, 3.8) is 0 Å². The number of nitriles is 1. The lowest BCUT2D eigenvalue weighted by molar-refractivity contribution is -0.137. The van der Waals surface area contributed by atoms with Crippen LogP contribution >= 0.6 is 11.6 Å². The SMILES string of the molecule is C=CC(=O)N1CCN(c2nc(N3CC(N(CC)CC)C3)nc3c(=O)n(-c4cccc(Cl)c4C(F)(F)F)ncc23)C[C@@H]1CC#N. The van der Waals surface area contributed by atoms with Crippen molar-refractivity contribution in [2.24, 2.45) is 0 Å².